The van der Waals surface area contributed by atoms with Crippen LogP contribution < -0.4 is 0 Å². The van der Waals surface area contributed by atoms with Crippen molar-refractivity contribution >= 4 is 6.08 Å². The van der Waals surface area contributed by atoms with E-state index < -0.39 is 0 Å². The van der Waals surface area contributed by atoms with E-state index in [4.69, 9.17) is 5.26 Å². The second kappa shape index (κ2) is 7.97. The number of nitriles is 1. The van der Waals surface area contributed by atoms with Gasteiger partial charge < -0.3 is 0 Å². The lowest BCUT2D eigenvalue weighted by Crippen LogP contribution is -2.07. The van der Waals surface area contributed by atoms with Crippen LogP contribution in [0.25, 0.3) is 17.2 Å². The maximum atomic E-state index is 8.91. The first-order valence-electron chi connectivity index (χ1n) is 9.12. The van der Waals surface area contributed by atoms with Crippen LogP contribution in [0.1, 0.15) is 55.7 Å². The Morgan fingerprint density at radius 1 is 1.00 bits per heavy atom. The van der Waals surface area contributed by atoms with Crippen LogP contribution in [0.2, 0.25) is 0 Å². The minimum Gasteiger partial charge on any atom is -0.192 e. The minimum atomic E-state index is 0.704. The van der Waals surface area contributed by atoms with Crippen LogP contribution >= 0.6 is 0 Å². The van der Waals surface area contributed by atoms with E-state index in [-0.39, 0.29) is 0 Å². The summed E-state index contributed by atoms with van der Waals surface area (Å²) in [4.78, 5) is 0. The molecular weight excluding hydrogens is 290 g/mol. The van der Waals surface area contributed by atoms with Gasteiger partial charge in [-0.25, -0.2) is 0 Å². The molecule has 1 unspecified atom stereocenters. The Morgan fingerprint density at radius 2 is 1.79 bits per heavy atom. The first-order valence-corrected chi connectivity index (χ1v) is 9.12. The Kier molecular flexibility index (Phi) is 5.49. The van der Waals surface area contributed by atoms with Crippen molar-refractivity contribution in [1.82, 2.24) is 0 Å². The summed E-state index contributed by atoms with van der Waals surface area (Å²) >= 11 is 0. The van der Waals surface area contributed by atoms with Crippen LogP contribution in [0, 0.1) is 17.2 Å². The average molecular weight is 315 g/mol. The Hall–Kier alpha value is -2.33. The maximum absolute atomic E-state index is 8.91. The molecule has 122 valence electrons. The van der Waals surface area contributed by atoms with Crippen molar-refractivity contribution in [1.29, 1.82) is 5.26 Å². The molecule has 2 aromatic carbocycles. The molecule has 0 N–H and O–H groups in total. The molecule has 0 saturated carbocycles. The van der Waals surface area contributed by atoms with E-state index in [1.54, 1.807) is 0 Å². The molecule has 24 heavy (non-hydrogen) atoms. The van der Waals surface area contributed by atoms with Crippen molar-refractivity contribution in [3.8, 4) is 17.2 Å². The van der Waals surface area contributed by atoms with Crippen LogP contribution in [0.3, 0.4) is 0 Å². The van der Waals surface area contributed by atoms with E-state index in [1.807, 2.05) is 24.3 Å². The molecule has 1 aliphatic carbocycles. The third-order valence-electron chi connectivity index (χ3n) is 4.95. The summed E-state index contributed by atoms with van der Waals surface area (Å²) in [7, 11) is 0. The highest BCUT2D eigenvalue weighted by Crippen LogP contribution is 2.30. The smallest absolute Gasteiger partial charge is 0.0991 e. The van der Waals surface area contributed by atoms with Crippen molar-refractivity contribution in [2.24, 2.45) is 5.92 Å². The molecule has 3 rings (SSSR count). The molecule has 2 aromatic rings. The van der Waals surface area contributed by atoms with Gasteiger partial charge >= 0.3 is 0 Å². The van der Waals surface area contributed by atoms with Gasteiger partial charge in [-0.05, 0) is 59.2 Å². The van der Waals surface area contributed by atoms with E-state index in [9.17, 15) is 0 Å². The molecule has 0 bridgehead atoms. The highest BCUT2D eigenvalue weighted by atomic mass is 14.2. The molecule has 0 radical (unpaired) electrons. The SMILES string of the molecule is CCCCCCC1C=Cc2cc(-c3ccc(C#N)cc3)ccc2C1. The van der Waals surface area contributed by atoms with Gasteiger partial charge in [-0.15, -0.1) is 0 Å². The van der Waals surface area contributed by atoms with E-state index in [0.29, 0.717) is 11.5 Å². The van der Waals surface area contributed by atoms with Crippen molar-refractivity contribution in [2.45, 2.75) is 45.4 Å². The second-order valence-corrected chi connectivity index (χ2v) is 6.78. The Bertz CT molecular complexity index is 747. The normalized spacial score (nSPS) is 15.8. The third kappa shape index (κ3) is 3.95. The number of fused-ring (bicyclic) bond motifs is 1. The van der Waals surface area contributed by atoms with Gasteiger partial charge in [0.05, 0.1) is 11.6 Å². The van der Waals surface area contributed by atoms with Gasteiger partial charge in [-0.1, -0.05) is 69.0 Å². The lowest BCUT2D eigenvalue weighted by molar-refractivity contribution is 0.526. The van der Waals surface area contributed by atoms with Gasteiger partial charge in [-0.2, -0.15) is 5.26 Å². The van der Waals surface area contributed by atoms with Crippen LogP contribution in [0.5, 0.6) is 0 Å². The Labute approximate surface area is 145 Å². The summed E-state index contributed by atoms with van der Waals surface area (Å²) in [6.45, 7) is 2.27. The standard InChI is InChI=1S/C23H25N/c1-2-3-4-5-6-18-7-12-23-16-22(14-13-21(23)15-18)20-10-8-19(17-24)9-11-20/h7-14,16,18H,2-6,15H2,1H3. The topological polar surface area (TPSA) is 23.8 Å². The van der Waals surface area contributed by atoms with Crippen molar-refractivity contribution < 1.29 is 0 Å². The number of rotatable bonds is 6. The molecule has 0 aromatic heterocycles. The zero-order valence-electron chi connectivity index (χ0n) is 14.5. The number of hydrogen-bond donors (Lipinski definition) is 0. The van der Waals surface area contributed by atoms with Gasteiger partial charge in [0.1, 0.15) is 0 Å². The predicted molar refractivity (Wildman–Crippen MR) is 102 cm³/mol. The molecule has 0 amide bonds. The number of unbranched alkanes of at least 4 members (excludes halogenated alkanes) is 3. The zero-order valence-corrected chi connectivity index (χ0v) is 14.5. The summed E-state index contributed by atoms with van der Waals surface area (Å²) in [6.07, 6.45) is 12.6. The molecule has 0 heterocycles. The van der Waals surface area contributed by atoms with Gasteiger partial charge in [0.25, 0.3) is 0 Å². The van der Waals surface area contributed by atoms with Crippen molar-refractivity contribution in [3.63, 3.8) is 0 Å². The molecule has 1 atom stereocenters. The molecule has 1 nitrogen and oxygen atoms in total. The number of benzene rings is 2. The molecule has 0 saturated heterocycles. The van der Waals surface area contributed by atoms with Crippen LogP contribution in [0.15, 0.2) is 48.5 Å². The van der Waals surface area contributed by atoms with Crippen molar-refractivity contribution in [3.05, 3.63) is 65.2 Å². The summed E-state index contributed by atoms with van der Waals surface area (Å²) in [6, 6.07) is 16.8. The lowest BCUT2D eigenvalue weighted by Gasteiger charge is -2.20. The van der Waals surface area contributed by atoms with Gasteiger partial charge in [0, 0.05) is 0 Å². The van der Waals surface area contributed by atoms with E-state index in [1.165, 1.54) is 60.8 Å². The minimum absolute atomic E-state index is 0.704. The van der Waals surface area contributed by atoms with Crippen LogP contribution in [0.4, 0.5) is 0 Å². The summed E-state index contributed by atoms with van der Waals surface area (Å²) in [5, 5.41) is 8.91. The summed E-state index contributed by atoms with van der Waals surface area (Å²) in [5.74, 6) is 0.704. The second-order valence-electron chi connectivity index (χ2n) is 6.78. The van der Waals surface area contributed by atoms with Gasteiger partial charge in [-0.3, -0.25) is 0 Å². The Balaban J connectivity index is 1.69. The highest BCUT2D eigenvalue weighted by Gasteiger charge is 2.14. The number of hydrogen-bond acceptors (Lipinski definition) is 1. The van der Waals surface area contributed by atoms with Crippen LogP contribution in [-0.4, -0.2) is 0 Å². The number of allylic oxidation sites excluding steroid dienone is 1. The predicted octanol–water partition coefficient (Wildman–Crippen LogP) is 6.38. The first-order chi connectivity index (χ1) is 11.8. The van der Waals surface area contributed by atoms with E-state index >= 15 is 0 Å². The first kappa shape index (κ1) is 16.5. The quantitative estimate of drug-likeness (QED) is 0.567. The fraction of sp³-hybridized carbons (Fsp3) is 0.348. The third-order valence-corrected chi connectivity index (χ3v) is 4.95. The largest absolute Gasteiger partial charge is 0.192 e. The van der Waals surface area contributed by atoms with E-state index in [2.05, 4.69) is 43.3 Å². The molecular formula is C23H25N. The monoisotopic (exact) mass is 315 g/mol. The average Bonchev–Trinajstić information content (AvgIpc) is 2.65. The summed E-state index contributed by atoms with van der Waals surface area (Å²) in [5.41, 5.74) is 5.93. The lowest BCUT2D eigenvalue weighted by atomic mass is 9.85. The molecule has 1 aliphatic rings. The number of nitrogens with zero attached hydrogens (tertiary/aromatic N) is 1. The fourth-order valence-corrected chi connectivity index (χ4v) is 3.47. The fourth-order valence-electron chi connectivity index (χ4n) is 3.47. The highest BCUT2D eigenvalue weighted by molar-refractivity contribution is 5.70. The van der Waals surface area contributed by atoms with Gasteiger partial charge in [0.2, 0.25) is 0 Å². The van der Waals surface area contributed by atoms with Crippen molar-refractivity contribution in [2.75, 3.05) is 0 Å². The maximum Gasteiger partial charge on any atom is 0.0991 e. The molecule has 1 heteroatoms. The molecule has 0 spiro atoms. The Morgan fingerprint density at radius 3 is 2.54 bits per heavy atom. The zero-order chi connectivity index (χ0) is 16.8. The molecule has 0 fully saturated rings. The van der Waals surface area contributed by atoms with Crippen LogP contribution in [-0.2, 0) is 6.42 Å². The van der Waals surface area contributed by atoms with Gasteiger partial charge in [0.15, 0.2) is 0 Å². The van der Waals surface area contributed by atoms with E-state index in [0.717, 1.165) is 0 Å². The molecule has 0 aliphatic heterocycles. The summed E-state index contributed by atoms with van der Waals surface area (Å²) < 4.78 is 0.